The fraction of sp³-hybridized carbons (Fsp3) is 0.263. The van der Waals surface area contributed by atoms with Crippen LogP contribution in [-0.4, -0.2) is 18.5 Å². The maximum Gasteiger partial charge on any atom is 0.321 e. The van der Waals surface area contributed by atoms with Gasteiger partial charge in [0.1, 0.15) is 6.04 Å². The number of urea groups is 1. The lowest BCUT2D eigenvalue weighted by atomic mass is 10.0. The molecule has 25 heavy (non-hydrogen) atoms. The lowest BCUT2D eigenvalue weighted by Gasteiger charge is -2.23. The van der Waals surface area contributed by atoms with E-state index in [2.05, 4.69) is 16.0 Å². The Kier molecular flexibility index (Phi) is 6.98. The summed E-state index contributed by atoms with van der Waals surface area (Å²) in [4.78, 5) is 24.3. The van der Waals surface area contributed by atoms with Gasteiger partial charge in [0.05, 0.1) is 0 Å². The first-order chi connectivity index (χ1) is 12.0. The molecule has 0 saturated carbocycles. The Hall–Kier alpha value is -2.37. The van der Waals surface area contributed by atoms with Gasteiger partial charge in [0.25, 0.3) is 0 Å². The van der Waals surface area contributed by atoms with Crippen molar-refractivity contribution in [1.29, 1.82) is 0 Å². The van der Waals surface area contributed by atoms with Crippen LogP contribution in [0.15, 0.2) is 54.6 Å². The van der Waals surface area contributed by atoms with Crippen molar-refractivity contribution < 1.29 is 9.59 Å². The van der Waals surface area contributed by atoms with Crippen molar-refractivity contribution in [3.8, 4) is 0 Å². The number of carbonyl (C=O) groups excluding carboxylic acids is 2. The van der Waals surface area contributed by atoms with Crippen LogP contribution in [0.2, 0.25) is 5.02 Å². The van der Waals surface area contributed by atoms with Crippen LogP contribution in [0, 0.1) is 0 Å². The van der Waals surface area contributed by atoms with Gasteiger partial charge in [0.2, 0.25) is 5.91 Å². The van der Waals surface area contributed by atoms with Crippen molar-refractivity contribution in [2.24, 2.45) is 0 Å². The van der Waals surface area contributed by atoms with Crippen LogP contribution in [0.25, 0.3) is 0 Å². The molecular formula is C19H22ClN3O2. The summed E-state index contributed by atoms with van der Waals surface area (Å²) in [5.41, 5.74) is 1.73. The molecule has 3 amide bonds. The fourth-order valence-corrected chi connectivity index (χ4v) is 2.68. The summed E-state index contributed by atoms with van der Waals surface area (Å²) < 4.78 is 0. The van der Waals surface area contributed by atoms with Crippen LogP contribution >= 0.6 is 11.6 Å². The Labute approximate surface area is 152 Å². The van der Waals surface area contributed by atoms with Gasteiger partial charge in [-0.15, -0.1) is 0 Å². The average Bonchev–Trinajstić information content (AvgIpc) is 2.60. The smallest absolute Gasteiger partial charge is 0.321 e. The summed E-state index contributed by atoms with van der Waals surface area (Å²) in [6.07, 6.45) is 0. The van der Waals surface area contributed by atoms with Crippen LogP contribution in [-0.2, 0) is 4.79 Å². The minimum absolute atomic E-state index is 0.135. The van der Waals surface area contributed by atoms with Crippen LogP contribution in [0.4, 0.5) is 4.79 Å². The quantitative estimate of drug-likeness (QED) is 0.738. The third-order valence-corrected chi connectivity index (χ3v) is 3.97. The standard InChI is InChI=1S/C19H22ClN3O2/c1-3-21-19(25)23-18(24)17(14-8-5-4-6-9-14)22-13(2)15-10-7-11-16(20)12-15/h4-13,17,22H,3H2,1-2H3,(H2,21,23,24,25)/t13-,17+/m1/s1. The summed E-state index contributed by atoms with van der Waals surface area (Å²) in [6, 6.07) is 15.4. The lowest BCUT2D eigenvalue weighted by Crippen LogP contribution is -2.45. The van der Waals surface area contributed by atoms with E-state index in [-0.39, 0.29) is 6.04 Å². The van der Waals surface area contributed by atoms with Crippen molar-refractivity contribution in [2.75, 3.05) is 6.54 Å². The number of imide groups is 1. The number of nitrogens with one attached hydrogen (secondary N) is 3. The second kappa shape index (κ2) is 9.20. The molecule has 2 atom stereocenters. The summed E-state index contributed by atoms with van der Waals surface area (Å²) in [5.74, 6) is -0.411. The molecule has 132 valence electrons. The maximum atomic E-state index is 12.6. The molecule has 2 aromatic rings. The van der Waals surface area contributed by atoms with E-state index in [1.54, 1.807) is 13.0 Å². The molecule has 2 aromatic carbocycles. The molecule has 0 bridgehead atoms. The van der Waals surface area contributed by atoms with E-state index in [1.165, 1.54) is 0 Å². The molecule has 0 spiro atoms. The second-order valence-electron chi connectivity index (χ2n) is 5.64. The molecule has 0 aromatic heterocycles. The predicted molar refractivity (Wildman–Crippen MR) is 99.4 cm³/mol. The summed E-state index contributed by atoms with van der Waals surface area (Å²) in [7, 11) is 0. The molecule has 2 rings (SSSR count). The molecule has 0 aliphatic heterocycles. The first kappa shape index (κ1) is 19.0. The first-order valence-corrected chi connectivity index (χ1v) is 8.54. The number of benzene rings is 2. The molecule has 0 radical (unpaired) electrons. The molecule has 0 aliphatic carbocycles. The monoisotopic (exact) mass is 359 g/mol. The lowest BCUT2D eigenvalue weighted by molar-refractivity contribution is -0.122. The highest BCUT2D eigenvalue weighted by Crippen LogP contribution is 2.22. The Bertz CT molecular complexity index is 722. The highest BCUT2D eigenvalue weighted by molar-refractivity contribution is 6.30. The van der Waals surface area contributed by atoms with Gasteiger partial charge in [-0.2, -0.15) is 0 Å². The van der Waals surface area contributed by atoms with E-state index >= 15 is 0 Å². The largest absolute Gasteiger partial charge is 0.338 e. The molecule has 5 nitrogen and oxygen atoms in total. The number of halogens is 1. The maximum absolute atomic E-state index is 12.6. The molecule has 3 N–H and O–H groups in total. The SMILES string of the molecule is CCNC(=O)NC(=O)[C@@H](N[C@H](C)c1cccc(Cl)c1)c1ccccc1. The van der Waals surface area contributed by atoms with Gasteiger partial charge in [-0.25, -0.2) is 4.79 Å². The van der Waals surface area contributed by atoms with Gasteiger partial charge in [-0.1, -0.05) is 54.1 Å². The van der Waals surface area contributed by atoms with Crippen molar-refractivity contribution in [3.63, 3.8) is 0 Å². The van der Waals surface area contributed by atoms with Gasteiger partial charge >= 0.3 is 6.03 Å². The Morgan fingerprint density at radius 1 is 1.04 bits per heavy atom. The minimum Gasteiger partial charge on any atom is -0.338 e. The van der Waals surface area contributed by atoms with Crippen LogP contribution < -0.4 is 16.0 Å². The van der Waals surface area contributed by atoms with E-state index in [0.717, 1.165) is 11.1 Å². The number of rotatable bonds is 6. The number of hydrogen-bond donors (Lipinski definition) is 3. The molecule has 0 fully saturated rings. The zero-order valence-corrected chi connectivity index (χ0v) is 15.0. The molecule has 0 unspecified atom stereocenters. The van der Waals surface area contributed by atoms with Gasteiger partial charge in [-0.05, 0) is 37.1 Å². The third kappa shape index (κ3) is 5.59. The summed E-state index contributed by atoms with van der Waals surface area (Å²) in [5, 5.41) is 8.84. The van der Waals surface area contributed by atoms with Gasteiger partial charge in [0.15, 0.2) is 0 Å². The Morgan fingerprint density at radius 3 is 2.36 bits per heavy atom. The van der Waals surface area contributed by atoms with Gasteiger partial charge in [-0.3, -0.25) is 15.4 Å². The molecule has 0 aliphatic rings. The van der Waals surface area contributed by atoms with Crippen molar-refractivity contribution in [2.45, 2.75) is 25.9 Å². The first-order valence-electron chi connectivity index (χ1n) is 8.16. The Balaban J connectivity index is 2.20. The van der Waals surface area contributed by atoms with E-state index in [9.17, 15) is 9.59 Å². The highest BCUT2D eigenvalue weighted by atomic mass is 35.5. The summed E-state index contributed by atoms with van der Waals surface area (Å²) >= 11 is 6.05. The van der Waals surface area contributed by atoms with E-state index in [0.29, 0.717) is 11.6 Å². The summed E-state index contributed by atoms with van der Waals surface area (Å²) in [6.45, 7) is 4.18. The highest BCUT2D eigenvalue weighted by Gasteiger charge is 2.24. The van der Waals surface area contributed by atoms with Crippen molar-refractivity contribution in [1.82, 2.24) is 16.0 Å². The van der Waals surface area contributed by atoms with E-state index < -0.39 is 18.0 Å². The normalized spacial score (nSPS) is 12.9. The second-order valence-corrected chi connectivity index (χ2v) is 6.07. The predicted octanol–water partition coefficient (Wildman–Crippen LogP) is 3.58. The van der Waals surface area contributed by atoms with Crippen LogP contribution in [0.3, 0.4) is 0 Å². The number of carbonyl (C=O) groups is 2. The number of hydrogen-bond acceptors (Lipinski definition) is 3. The average molecular weight is 360 g/mol. The third-order valence-electron chi connectivity index (χ3n) is 3.73. The van der Waals surface area contributed by atoms with E-state index in [1.807, 2.05) is 55.5 Å². The zero-order chi connectivity index (χ0) is 18.2. The molecule has 0 saturated heterocycles. The molecule has 0 heterocycles. The fourth-order valence-electron chi connectivity index (χ4n) is 2.48. The van der Waals surface area contributed by atoms with E-state index in [4.69, 9.17) is 11.6 Å². The number of amides is 3. The van der Waals surface area contributed by atoms with Gasteiger partial charge in [0, 0.05) is 17.6 Å². The van der Waals surface area contributed by atoms with Crippen LogP contribution in [0.1, 0.15) is 37.1 Å². The van der Waals surface area contributed by atoms with Gasteiger partial charge < -0.3 is 5.32 Å². The Morgan fingerprint density at radius 2 is 1.72 bits per heavy atom. The topological polar surface area (TPSA) is 70.2 Å². The van der Waals surface area contributed by atoms with Crippen LogP contribution in [0.5, 0.6) is 0 Å². The van der Waals surface area contributed by atoms with Crippen molar-refractivity contribution in [3.05, 3.63) is 70.7 Å². The molecule has 6 heteroatoms. The van der Waals surface area contributed by atoms with Crippen molar-refractivity contribution >= 4 is 23.5 Å². The minimum atomic E-state index is -0.669. The zero-order valence-electron chi connectivity index (χ0n) is 14.3. The molecular weight excluding hydrogens is 338 g/mol.